The summed E-state index contributed by atoms with van der Waals surface area (Å²) in [6, 6.07) is 12.9. The van der Waals surface area contributed by atoms with Gasteiger partial charge in [0.2, 0.25) is 6.19 Å². The van der Waals surface area contributed by atoms with E-state index >= 15 is 0 Å². The highest BCUT2D eigenvalue weighted by Gasteiger charge is 2.05. The van der Waals surface area contributed by atoms with Crippen molar-refractivity contribution in [3.05, 3.63) is 48.7 Å². The van der Waals surface area contributed by atoms with Gasteiger partial charge in [0.15, 0.2) is 0 Å². The summed E-state index contributed by atoms with van der Waals surface area (Å²) < 4.78 is 5.51. The van der Waals surface area contributed by atoms with Crippen LogP contribution in [-0.4, -0.2) is 25.1 Å². The third-order valence-electron chi connectivity index (χ3n) is 2.57. The van der Waals surface area contributed by atoms with Crippen molar-refractivity contribution in [1.82, 2.24) is 4.98 Å². The van der Waals surface area contributed by atoms with Gasteiger partial charge in [-0.3, -0.25) is 0 Å². The van der Waals surface area contributed by atoms with Gasteiger partial charge < -0.3 is 15.0 Å². The van der Waals surface area contributed by atoms with Crippen molar-refractivity contribution in [1.29, 1.82) is 5.26 Å². The predicted molar refractivity (Wildman–Crippen MR) is 82.3 cm³/mol. The zero-order valence-electron chi connectivity index (χ0n) is 11.8. The van der Waals surface area contributed by atoms with Crippen molar-refractivity contribution in [2.75, 3.05) is 24.3 Å². The van der Waals surface area contributed by atoms with Gasteiger partial charge in [0.1, 0.15) is 11.6 Å². The zero-order valence-corrected chi connectivity index (χ0v) is 11.8. The third kappa shape index (κ3) is 4.21. The summed E-state index contributed by atoms with van der Waals surface area (Å²) in [5.74, 6) is 1.43. The maximum absolute atomic E-state index is 8.73. The Kier molecular flexibility index (Phi) is 4.72. The van der Waals surface area contributed by atoms with Gasteiger partial charge in [-0.25, -0.2) is 4.98 Å². The van der Waals surface area contributed by atoms with Gasteiger partial charge in [-0.1, -0.05) is 18.2 Å². The first kappa shape index (κ1) is 14.3. The molecule has 21 heavy (non-hydrogen) atoms. The minimum Gasteiger partial charge on any atom is -0.425 e. The summed E-state index contributed by atoms with van der Waals surface area (Å²) in [5.41, 5.74) is 0.686. The van der Waals surface area contributed by atoms with Crippen LogP contribution in [0.2, 0.25) is 0 Å². The average molecular weight is 281 g/mol. The number of hydrogen-bond donors (Lipinski definition) is 1. The number of pyridine rings is 1. The third-order valence-corrected chi connectivity index (χ3v) is 2.57. The van der Waals surface area contributed by atoms with Gasteiger partial charge in [-0.2, -0.15) is 5.26 Å². The molecule has 0 saturated heterocycles. The largest absolute Gasteiger partial charge is 0.425 e. The molecule has 1 aromatic heterocycles. The fourth-order valence-electron chi connectivity index (χ4n) is 1.57. The number of benzene rings is 1. The molecule has 0 aliphatic carbocycles. The Morgan fingerprint density at radius 3 is 2.57 bits per heavy atom. The molecule has 0 fully saturated rings. The number of hydrogen-bond acceptors (Lipinski definition) is 5. The molecule has 106 valence electrons. The molecule has 0 bridgehead atoms. The number of ether oxygens (including phenoxy) is 1. The fraction of sp³-hybridized carbons (Fsp3) is 0.133. The highest BCUT2D eigenvalue weighted by molar-refractivity contribution is 5.91. The molecule has 1 heterocycles. The van der Waals surface area contributed by atoms with Gasteiger partial charge in [0.05, 0.1) is 11.9 Å². The van der Waals surface area contributed by atoms with Gasteiger partial charge >= 0.3 is 6.02 Å². The van der Waals surface area contributed by atoms with E-state index in [4.69, 9.17) is 10.00 Å². The molecule has 0 saturated carbocycles. The van der Waals surface area contributed by atoms with E-state index in [1.165, 1.54) is 0 Å². The topological polar surface area (TPSA) is 73.5 Å². The van der Waals surface area contributed by atoms with E-state index in [1.54, 1.807) is 24.5 Å². The first-order valence-corrected chi connectivity index (χ1v) is 6.29. The second kappa shape index (κ2) is 6.91. The number of rotatable bonds is 3. The van der Waals surface area contributed by atoms with E-state index in [2.05, 4.69) is 15.3 Å². The Morgan fingerprint density at radius 1 is 1.24 bits per heavy atom. The van der Waals surface area contributed by atoms with Crippen LogP contribution in [0.5, 0.6) is 5.75 Å². The van der Waals surface area contributed by atoms with Crippen molar-refractivity contribution in [2.24, 2.45) is 4.99 Å². The zero-order chi connectivity index (χ0) is 15.1. The average Bonchev–Trinajstić information content (AvgIpc) is 2.49. The molecule has 6 heteroatoms. The van der Waals surface area contributed by atoms with Gasteiger partial charge in [0, 0.05) is 14.1 Å². The molecule has 0 spiro atoms. The number of aromatic nitrogens is 1. The molecule has 0 aliphatic rings. The lowest BCUT2D eigenvalue weighted by Crippen LogP contribution is -2.19. The number of nitrogens with one attached hydrogen (secondary N) is 1. The normalized spacial score (nSPS) is 10.6. The van der Waals surface area contributed by atoms with Gasteiger partial charge in [0.25, 0.3) is 0 Å². The summed E-state index contributed by atoms with van der Waals surface area (Å²) in [4.78, 5) is 9.79. The first-order valence-electron chi connectivity index (χ1n) is 6.29. The minimum atomic E-state index is 0.100. The van der Waals surface area contributed by atoms with Crippen molar-refractivity contribution >= 4 is 17.5 Å². The summed E-state index contributed by atoms with van der Waals surface area (Å²) in [7, 11) is 3.83. The summed E-state index contributed by atoms with van der Waals surface area (Å²) in [5, 5.41) is 11.6. The Hall–Kier alpha value is -3.07. The Labute approximate surface area is 123 Å². The molecule has 0 amide bonds. The minimum absolute atomic E-state index is 0.100. The maximum Gasteiger partial charge on any atom is 0.310 e. The highest BCUT2D eigenvalue weighted by atomic mass is 16.5. The molecule has 0 aliphatic heterocycles. The number of para-hydroxylation sites is 1. The standard InChI is InChI=1S/C15H15N5O/c1-20(2)14-9-8-12(10-17-14)19-15(18-11-16)21-13-6-4-3-5-7-13/h3-10H,1-2H3,(H,18,19). The molecule has 0 unspecified atom stereocenters. The summed E-state index contributed by atoms with van der Waals surface area (Å²) in [6.45, 7) is 0. The number of nitrogens with zero attached hydrogens (tertiary/aromatic N) is 4. The van der Waals surface area contributed by atoms with E-state index in [-0.39, 0.29) is 6.02 Å². The fourth-order valence-corrected chi connectivity index (χ4v) is 1.57. The lowest BCUT2D eigenvalue weighted by Gasteiger charge is -2.12. The van der Waals surface area contributed by atoms with Crippen LogP contribution in [0.15, 0.2) is 53.7 Å². The SMILES string of the molecule is CN(C)c1ccc(N/C(=N/C#N)Oc2ccccc2)cn1. The number of anilines is 2. The molecular weight excluding hydrogens is 266 g/mol. The van der Waals surface area contributed by atoms with Crippen LogP contribution in [0.3, 0.4) is 0 Å². The van der Waals surface area contributed by atoms with E-state index < -0.39 is 0 Å². The van der Waals surface area contributed by atoms with Crippen LogP contribution >= 0.6 is 0 Å². The van der Waals surface area contributed by atoms with E-state index in [1.807, 2.05) is 49.3 Å². The van der Waals surface area contributed by atoms with E-state index in [0.717, 1.165) is 5.82 Å². The Bertz CT molecular complexity index is 644. The van der Waals surface area contributed by atoms with Crippen molar-refractivity contribution in [3.8, 4) is 11.9 Å². The van der Waals surface area contributed by atoms with Crippen molar-refractivity contribution in [2.45, 2.75) is 0 Å². The van der Waals surface area contributed by atoms with Crippen LogP contribution < -0.4 is 15.0 Å². The molecule has 0 radical (unpaired) electrons. The predicted octanol–water partition coefficient (Wildman–Crippen LogP) is 2.48. The van der Waals surface area contributed by atoms with Crippen LogP contribution in [0.1, 0.15) is 0 Å². The maximum atomic E-state index is 8.73. The lowest BCUT2D eigenvalue weighted by molar-refractivity contribution is 0.549. The lowest BCUT2D eigenvalue weighted by atomic mass is 10.3. The molecule has 2 rings (SSSR count). The Balaban J connectivity index is 2.10. The monoisotopic (exact) mass is 281 g/mol. The van der Waals surface area contributed by atoms with Crippen LogP contribution in [0.25, 0.3) is 0 Å². The summed E-state index contributed by atoms with van der Waals surface area (Å²) in [6.07, 6.45) is 3.36. The van der Waals surface area contributed by atoms with Crippen molar-refractivity contribution < 1.29 is 4.74 Å². The molecular formula is C15H15N5O. The van der Waals surface area contributed by atoms with Gasteiger partial charge in [-0.15, -0.1) is 4.99 Å². The molecule has 1 N–H and O–H groups in total. The summed E-state index contributed by atoms with van der Waals surface area (Å²) >= 11 is 0. The highest BCUT2D eigenvalue weighted by Crippen LogP contribution is 2.13. The van der Waals surface area contributed by atoms with E-state index in [9.17, 15) is 0 Å². The number of amidine groups is 1. The second-order valence-electron chi connectivity index (χ2n) is 4.36. The van der Waals surface area contributed by atoms with Crippen LogP contribution in [-0.2, 0) is 0 Å². The second-order valence-corrected chi connectivity index (χ2v) is 4.36. The van der Waals surface area contributed by atoms with Crippen LogP contribution in [0, 0.1) is 11.5 Å². The molecule has 1 aromatic carbocycles. The first-order chi connectivity index (χ1) is 10.2. The molecule has 6 nitrogen and oxygen atoms in total. The quantitative estimate of drug-likeness (QED) is 0.531. The van der Waals surface area contributed by atoms with Gasteiger partial charge in [-0.05, 0) is 24.3 Å². The van der Waals surface area contributed by atoms with Crippen LogP contribution in [0.4, 0.5) is 11.5 Å². The number of nitriles is 1. The smallest absolute Gasteiger partial charge is 0.310 e. The molecule has 0 atom stereocenters. The Morgan fingerprint density at radius 2 is 2.00 bits per heavy atom. The molecule has 2 aromatic rings. The van der Waals surface area contributed by atoms with Crippen molar-refractivity contribution in [3.63, 3.8) is 0 Å². The van der Waals surface area contributed by atoms with E-state index in [0.29, 0.717) is 11.4 Å². The number of aliphatic imine (C=N–C) groups is 1.